The molecule has 0 radical (unpaired) electrons. The standard InChI is InChI=1S/C24H35N5O4S/c1-18-16-22(27-12-14-33-15-13-27)26-23(25-18)28-8-10-29(11-9-28)34(30,31)21-17-19(24(2,3)4)6-7-20(21)32-5/h6-7,16-17H,8-15H2,1-5H3. The molecule has 1 aromatic carbocycles. The van der Waals surface area contributed by atoms with Crippen LogP contribution in [0.4, 0.5) is 11.8 Å². The van der Waals surface area contributed by atoms with E-state index in [0.717, 1.165) is 30.2 Å². The van der Waals surface area contributed by atoms with E-state index in [-0.39, 0.29) is 10.3 Å². The predicted molar refractivity (Wildman–Crippen MR) is 132 cm³/mol. The highest BCUT2D eigenvalue weighted by molar-refractivity contribution is 7.89. The minimum Gasteiger partial charge on any atom is -0.495 e. The zero-order chi connectivity index (χ0) is 24.5. The van der Waals surface area contributed by atoms with Crippen LogP contribution in [0, 0.1) is 6.92 Å². The maximum atomic E-state index is 13.6. The van der Waals surface area contributed by atoms with Gasteiger partial charge in [0.15, 0.2) is 0 Å². The second kappa shape index (κ2) is 9.67. The Hall–Kier alpha value is -2.43. The highest BCUT2D eigenvalue weighted by Crippen LogP contribution is 2.33. The number of rotatable bonds is 5. The molecule has 9 nitrogen and oxygen atoms in total. The Bertz CT molecular complexity index is 1120. The quantitative estimate of drug-likeness (QED) is 0.633. The number of hydrogen-bond donors (Lipinski definition) is 0. The number of aryl methyl sites for hydroxylation is 1. The molecule has 4 rings (SSSR count). The maximum Gasteiger partial charge on any atom is 0.246 e. The van der Waals surface area contributed by atoms with Gasteiger partial charge in [-0.3, -0.25) is 0 Å². The van der Waals surface area contributed by atoms with Gasteiger partial charge < -0.3 is 19.3 Å². The van der Waals surface area contributed by atoms with Crippen molar-refractivity contribution < 1.29 is 17.9 Å². The third-order valence-corrected chi connectivity index (χ3v) is 8.25. The molecule has 2 fully saturated rings. The largest absolute Gasteiger partial charge is 0.495 e. The molecule has 10 heteroatoms. The first-order valence-electron chi connectivity index (χ1n) is 11.7. The van der Waals surface area contributed by atoms with Crippen LogP contribution in [-0.4, -0.2) is 82.3 Å². The molecule has 2 aliphatic rings. The summed E-state index contributed by atoms with van der Waals surface area (Å²) >= 11 is 0. The molecule has 0 spiro atoms. The van der Waals surface area contributed by atoms with E-state index in [1.54, 1.807) is 12.1 Å². The lowest BCUT2D eigenvalue weighted by molar-refractivity contribution is 0.122. The van der Waals surface area contributed by atoms with E-state index >= 15 is 0 Å². The van der Waals surface area contributed by atoms with E-state index in [4.69, 9.17) is 14.5 Å². The second-order valence-corrected chi connectivity index (χ2v) is 11.7. The summed E-state index contributed by atoms with van der Waals surface area (Å²) < 4.78 is 39.6. The van der Waals surface area contributed by atoms with Crippen molar-refractivity contribution in [1.82, 2.24) is 14.3 Å². The lowest BCUT2D eigenvalue weighted by Crippen LogP contribution is -2.49. The van der Waals surface area contributed by atoms with Crippen molar-refractivity contribution in [3.05, 3.63) is 35.5 Å². The van der Waals surface area contributed by atoms with Crippen LogP contribution in [0.25, 0.3) is 0 Å². The summed E-state index contributed by atoms with van der Waals surface area (Å²) in [4.78, 5) is 13.9. The van der Waals surface area contributed by atoms with E-state index in [0.29, 0.717) is 51.1 Å². The average molecular weight is 490 g/mol. The highest BCUT2D eigenvalue weighted by Gasteiger charge is 2.33. The highest BCUT2D eigenvalue weighted by atomic mass is 32.2. The van der Waals surface area contributed by atoms with Gasteiger partial charge in [-0.15, -0.1) is 0 Å². The van der Waals surface area contributed by atoms with Gasteiger partial charge in [0.2, 0.25) is 16.0 Å². The van der Waals surface area contributed by atoms with Gasteiger partial charge in [-0.05, 0) is 30.0 Å². The summed E-state index contributed by atoms with van der Waals surface area (Å²) in [5.41, 5.74) is 1.68. The molecule has 0 aliphatic carbocycles. The van der Waals surface area contributed by atoms with Gasteiger partial charge in [0, 0.05) is 51.0 Å². The van der Waals surface area contributed by atoms with Gasteiger partial charge in [-0.25, -0.2) is 13.4 Å². The van der Waals surface area contributed by atoms with Crippen molar-refractivity contribution in [2.75, 3.05) is 69.4 Å². The van der Waals surface area contributed by atoms with Gasteiger partial charge in [0.05, 0.1) is 20.3 Å². The van der Waals surface area contributed by atoms with Gasteiger partial charge >= 0.3 is 0 Å². The predicted octanol–water partition coefficient (Wildman–Crippen LogP) is 2.44. The van der Waals surface area contributed by atoms with Crippen LogP contribution < -0.4 is 14.5 Å². The minimum atomic E-state index is -3.71. The first-order valence-corrected chi connectivity index (χ1v) is 13.2. The lowest BCUT2D eigenvalue weighted by atomic mass is 9.87. The summed E-state index contributed by atoms with van der Waals surface area (Å²) in [5, 5.41) is 0. The number of ether oxygens (including phenoxy) is 2. The Morgan fingerprint density at radius 3 is 2.24 bits per heavy atom. The molecule has 0 bridgehead atoms. The lowest BCUT2D eigenvalue weighted by Gasteiger charge is -2.35. The number of nitrogens with zero attached hydrogens (tertiary/aromatic N) is 5. The molecule has 0 N–H and O–H groups in total. The number of benzene rings is 1. The van der Waals surface area contributed by atoms with Crippen LogP contribution in [0.3, 0.4) is 0 Å². The minimum absolute atomic E-state index is 0.171. The number of sulfonamides is 1. The van der Waals surface area contributed by atoms with E-state index in [1.807, 2.05) is 19.1 Å². The SMILES string of the molecule is COc1ccc(C(C)(C)C)cc1S(=O)(=O)N1CCN(c2nc(C)cc(N3CCOCC3)n2)CC1. The van der Waals surface area contributed by atoms with E-state index in [1.165, 1.54) is 11.4 Å². The number of anilines is 2. The fourth-order valence-electron chi connectivity index (χ4n) is 4.24. The monoisotopic (exact) mass is 489 g/mol. The number of morpholine rings is 1. The van der Waals surface area contributed by atoms with E-state index < -0.39 is 10.0 Å². The molecule has 0 atom stereocenters. The molecular formula is C24H35N5O4S. The van der Waals surface area contributed by atoms with Crippen LogP contribution in [0.1, 0.15) is 32.0 Å². The van der Waals surface area contributed by atoms with Crippen LogP contribution in [0.2, 0.25) is 0 Å². The van der Waals surface area contributed by atoms with Crippen molar-refractivity contribution in [2.45, 2.75) is 38.0 Å². The van der Waals surface area contributed by atoms with Gasteiger partial charge in [-0.2, -0.15) is 9.29 Å². The van der Waals surface area contributed by atoms with Crippen LogP contribution in [0.5, 0.6) is 5.75 Å². The number of aromatic nitrogens is 2. The molecule has 2 saturated heterocycles. The molecule has 3 heterocycles. The van der Waals surface area contributed by atoms with Gasteiger partial charge in [-0.1, -0.05) is 26.8 Å². The molecular weight excluding hydrogens is 454 g/mol. The number of methoxy groups -OCH3 is 1. The molecule has 34 heavy (non-hydrogen) atoms. The first kappa shape index (κ1) is 24.7. The fourth-order valence-corrected chi connectivity index (χ4v) is 5.85. The molecule has 0 saturated carbocycles. The molecule has 2 aromatic rings. The second-order valence-electron chi connectivity index (χ2n) is 9.77. The Balaban J connectivity index is 1.52. The van der Waals surface area contributed by atoms with Crippen molar-refractivity contribution in [3.63, 3.8) is 0 Å². The third kappa shape index (κ3) is 5.13. The smallest absolute Gasteiger partial charge is 0.246 e. The van der Waals surface area contributed by atoms with Crippen LogP contribution >= 0.6 is 0 Å². The normalized spacial score (nSPS) is 18.3. The Kier molecular flexibility index (Phi) is 7.02. The van der Waals surface area contributed by atoms with Gasteiger partial charge in [0.25, 0.3) is 0 Å². The molecule has 0 amide bonds. The van der Waals surface area contributed by atoms with Crippen LogP contribution in [-0.2, 0) is 20.2 Å². The zero-order valence-electron chi connectivity index (χ0n) is 20.7. The topological polar surface area (TPSA) is 88.1 Å². The third-order valence-electron chi connectivity index (χ3n) is 6.33. The summed E-state index contributed by atoms with van der Waals surface area (Å²) in [6, 6.07) is 7.41. The number of piperazine rings is 1. The van der Waals surface area contributed by atoms with Crippen molar-refractivity contribution in [1.29, 1.82) is 0 Å². The van der Waals surface area contributed by atoms with Crippen LogP contribution in [0.15, 0.2) is 29.2 Å². The Labute approximate surface area is 202 Å². The number of hydrogen-bond acceptors (Lipinski definition) is 8. The zero-order valence-corrected chi connectivity index (χ0v) is 21.6. The summed E-state index contributed by atoms with van der Waals surface area (Å²) in [5.74, 6) is 1.91. The average Bonchev–Trinajstić information content (AvgIpc) is 2.83. The Morgan fingerprint density at radius 1 is 0.941 bits per heavy atom. The first-order chi connectivity index (χ1) is 16.1. The Morgan fingerprint density at radius 2 is 1.62 bits per heavy atom. The van der Waals surface area contributed by atoms with E-state index in [9.17, 15) is 8.42 Å². The molecule has 1 aromatic heterocycles. The van der Waals surface area contributed by atoms with Gasteiger partial charge in [0.1, 0.15) is 16.5 Å². The fraction of sp³-hybridized carbons (Fsp3) is 0.583. The molecule has 0 unspecified atom stereocenters. The summed E-state index contributed by atoms with van der Waals surface area (Å²) in [6.07, 6.45) is 0. The summed E-state index contributed by atoms with van der Waals surface area (Å²) in [7, 11) is -2.20. The van der Waals surface area contributed by atoms with Crippen molar-refractivity contribution in [3.8, 4) is 5.75 Å². The summed E-state index contributed by atoms with van der Waals surface area (Å²) in [6.45, 7) is 12.9. The molecule has 186 valence electrons. The van der Waals surface area contributed by atoms with E-state index in [2.05, 4.69) is 35.6 Å². The maximum absolute atomic E-state index is 13.6. The van der Waals surface area contributed by atoms with Crippen molar-refractivity contribution >= 4 is 21.8 Å². The molecule has 2 aliphatic heterocycles. The van der Waals surface area contributed by atoms with Crippen molar-refractivity contribution in [2.24, 2.45) is 0 Å².